The van der Waals surface area contributed by atoms with Crippen LogP contribution in [-0.4, -0.2) is 21.0 Å². The monoisotopic (exact) mass is 194 g/mol. The Bertz CT molecular complexity index is 424. The standard InChI is InChI=1S/C9H10N2O3/c12-8(13)3-5-1-2-7-6(5)4-10-9(14)11-7/h4-5H,1-3H2,(H,12,13)(H,10,11,14). The van der Waals surface area contributed by atoms with E-state index in [2.05, 4.69) is 9.97 Å². The zero-order valence-electron chi connectivity index (χ0n) is 7.49. The summed E-state index contributed by atoms with van der Waals surface area (Å²) in [7, 11) is 0. The largest absolute Gasteiger partial charge is 0.481 e. The van der Waals surface area contributed by atoms with Crippen molar-refractivity contribution in [1.29, 1.82) is 0 Å². The van der Waals surface area contributed by atoms with Gasteiger partial charge in [0.25, 0.3) is 0 Å². The van der Waals surface area contributed by atoms with Gasteiger partial charge in [0.15, 0.2) is 0 Å². The minimum absolute atomic E-state index is 0.00634. The second-order valence-electron chi connectivity index (χ2n) is 3.46. The molecular weight excluding hydrogens is 184 g/mol. The molecule has 2 N–H and O–H groups in total. The van der Waals surface area contributed by atoms with Crippen molar-refractivity contribution in [2.45, 2.75) is 25.2 Å². The Morgan fingerprint density at radius 2 is 2.50 bits per heavy atom. The van der Waals surface area contributed by atoms with Crippen LogP contribution >= 0.6 is 0 Å². The fraction of sp³-hybridized carbons (Fsp3) is 0.444. The molecule has 0 spiro atoms. The van der Waals surface area contributed by atoms with Crippen LogP contribution in [-0.2, 0) is 11.2 Å². The molecule has 0 saturated heterocycles. The van der Waals surface area contributed by atoms with Crippen molar-refractivity contribution in [3.63, 3.8) is 0 Å². The molecule has 1 heterocycles. The molecule has 1 aliphatic rings. The van der Waals surface area contributed by atoms with Crippen LogP contribution < -0.4 is 5.69 Å². The molecule has 74 valence electrons. The highest BCUT2D eigenvalue weighted by Crippen LogP contribution is 2.32. The predicted octanol–water partition coefficient (Wildman–Crippen LogP) is 0.274. The average Bonchev–Trinajstić information content (AvgIpc) is 2.47. The number of nitrogens with one attached hydrogen (secondary N) is 1. The summed E-state index contributed by atoms with van der Waals surface area (Å²) in [5.74, 6) is -0.805. The smallest absolute Gasteiger partial charge is 0.345 e. The Balaban J connectivity index is 2.31. The first kappa shape index (κ1) is 8.93. The first-order valence-corrected chi connectivity index (χ1v) is 4.46. The van der Waals surface area contributed by atoms with Crippen LogP contribution in [0.3, 0.4) is 0 Å². The van der Waals surface area contributed by atoms with E-state index in [9.17, 15) is 9.59 Å². The van der Waals surface area contributed by atoms with Gasteiger partial charge in [-0.25, -0.2) is 9.78 Å². The molecule has 14 heavy (non-hydrogen) atoms. The third-order valence-electron chi connectivity index (χ3n) is 2.53. The van der Waals surface area contributed by atoms with Crippen molar-refractivity contribution in [1.82, 2.24) is 9.97 Å². The first-order chi connectivity index (χ1) is 6.66. The molecule has 0 saturated carbocycles. The van der Waals surface area contributed by atoms with Crippen molar-refractivity contribution < 1.29 is 9.90 Å². The van der Waals surface area contributed by atoms with E-state index in [0.717, 1.165) is 24.1 Å². The predicted molar refractivity (Wildman–Crippen MR) is 48.2 cm³/mol. The van der Waals surface area contributed by atoms with Crippen molar-refractivity contribution >= 4 is 5.97 Å². The van der Waals surface area contributed by atoms with Crippen LogP contribution in [0.1, 0.15) is 30.0 Å². The summed E-state index contributed by atoms with van der Waals surface area (Å²) in [6, 6.07) is 0. The van der Waals surface area contributed by atoms with E-state index in [4.69, 9.17) is 5.11 Å². The van der Waals surface area contributed by atoms with Gasteiger partial charge in [-0.05, 0) is 24.3 Å². The van der Waals surface area contributed by atoms with Crippen molar-refractivity contribution in [2.75, 3.05) is 0 Å². The number of hydrogen-bond donors (Lipinski definition) is 2. The summed E-state index contributed by atoms with van der Waals surface area (Å²) in [4.78, 5) is 27.7. The van der Waals surface area contributed by atoms with Crippen molar-refractivity contribution in [3.05, 3.63) is 27.9 Å². The number of fused-ring (bicyclic) bond motifs is 1. The lowest BCUT2D eigenvalue weighted by Gasteiger charge is -2.06. The molecule has 0 bridgehead atoms. The van der Waals surface area contributed by atoms with Gasteiger partial charge in [0.05, 0.1) is 6.42 Å². The number of aliphatic carboxylic acids is 1. The van der Waals surface area contributed by atoms with Gasteiger partial charge in [0, 0.05) is 11.9 Å². The molecule has 5 heteroatoms. The summed E-state index contributed by atoms with van der Waals surface area (Å²) in [5.41, 5.74) is 1.36. The Labute approximate surface area is 79.8 Å². The average molecular weight is 194 g/mol. The lowest BCUT2D eigenvalue weighted by Crippen LogP contribution is -2.13. The van der Waals surface area contributed by atoms with Gasteiger partial charge in [0.2, 0.25) is 0 Å². The number of aromatic nitrogens is 2. The molecule has 0 aromatic carbocycles. The minimum atomic E-state index is -0.811. The summed E-state index contributed by atoms with van der Waals surface area (Å²) >= 11 is 0. The Morgan fingerprint density at radius 3 is 3.21 bits per heavy atom. The molecule has 0 fully saturated rings. The highest BCUT2D eigenvalue weighted by Gasteiger charge is 2.25. The maximum Gasteiger partial charge on any atom is 0.345 e. The highest BCUT2D eigenvalue weighted by atomic mass is 16.4. The molecule has 1 aromatic heterocycles. The number of H-pyrrole nitrogens is 1. The molecule has 0 radical (unpaired) electrons. The van der Waals surface area contributed by atoms with Gasteiger partial charge in [-0.1, -0.05) is 0 Å². The van der Waals surface area contributed by atoms with Crippen LogP contribution in [0.4, 0.5) is 0 Å². The van der Waals surface area contributed by atoms with E-state index in [1.54, 1.807) is 0 Å². The Morgan fingerprint density at radius 1 is 1.71 bits per heavy atom. The number of nitrogens with zero attached hydrogens (tertiary/aromatic N) is 1. The van der Waals surface area contributed by atoms with Gasteiger partial charge < -0.3 is 10.1 Å². The zero-order chi connectivity index (χ0) is 10.1. The maximum absolute atomic E-state index is 10.9. The van der Waals surface area contributed by atoms with Gasteiger partial charge in [-0.3, -0.25) is 4.79 Å². The number of hydrogen-bond acceptors (Lipinski definition) is 3. The molecule has 0 aliphatic heterocycles. The van der Waals surface area contributed by atoms with Crippen LogP contribution in [0.2, 0.25) is 0 Å². The van der Waals surface area contributed by atoms with Gasteiger partial charge in [0.1, 0.15) is 0 Å². The molecule has 1 unspecified atom stereocenters. The quantitative estimate of drug-likeness (QED) is 0.708. The van der Waals surface area contributed by atoms with Crippen LogP contribution in [0.25, 0.3) is 0 Å². The minimum Gasteiger partial charge on any atom is -0.481 e. The van der Waals surface area contributed by atoms with E-state index >= 15 is 0 Å². The summed E-state index contributed by atoms with van der Waals surface area (Å²) in [6.45, 7) is 0. The lowest BCUT2D eigenvalue weighted by molar-refractivity contribution is -0.137. The van der Waals surface area contributed by atoms with Gasteiger partial charge in [-0.2, -0.15) is 0 Å². The van der Waals surface area contributed by atoms with Crippen LogP contribution in [0.15, 0.2) is 11.0 Å². The zero-order valence-corrected chi connectivity index (χ0v) is 7.49. The van der Waals surface area contributed by atoms with Crippen LogP contribution in [0.5, 0.6) is 0 Å². The molecule has 2 rings (SSSR count). The van der Waals surface area contributed by atoms with Gasteiger partial charge in [-0.15, -0.1) is 0 Å². The number of rotatable bonds is 2. The fourth-order valence-corrected chi connectivity index (χ4v) is 1.90. The fourth-order valence-electron chi connectivity index (χ4n) is 1.90. The normalized spacial score (nSPS) is 19.3. The number of aromatic amines is 1. The van der Waals surface area contributed by atoms with E-state index in [-0.39, 0.29) is 18.0 Å². The summed E-state index contributed by atoms with van der Waals surface area (Å²) < 4.78 is 0. The maximum atomic E-state index is 10.9. The summed E-state index contributed by atoms with van der Waals surface area (Å²) in [6.07, 6.45) is 3.13. The van der Waals surface area contributed by atoms with E-state index in [1.807, 2.05) is 0 Å². The second kappa shape index (κ2) is 3.25. The SMILES string of the molecule is O=C(O)CC1CCc2[nH]c(=O)ncc21. The first-order valence-electron chi connectivity index (χ1n) is 4.46. The van der Waals surface area contributed by atoms with Crippen LogP contribution in [0, 0.1) is 0 Å². The Kier molecular flexibility index (Phi) is 2.07. The molecule has 1 atom stereocenters. The van der Waals surface area contributed by atoms with Crippen molar-refractivity contribution in [3.8, 4) is 0 Å². The van der Waals surface area contributed by atoms with E-state index in [0.29, 0.717) is 0 Å². The third kappa shape index (κ3) is 1.53. The molecule has 1 aromatic rings. The van der Waals surface area contributed by atoms with E-state index < -0.39 is 5.97 Å². The number of carbonyl (C=O) groups is 1. The summed E-state index contributed by atoms with van der Waals surface area (Å²) in [5, 5.41) is 8.66. The van der Waals surface area contributed by atoms with E-state index in [1.165, 1.54) is 6.20 Å². The molecule has 0 amide bonds. The van der Waals surface area contributed by atoms with Crippen molar-refractivity contribution in [2.24, 2.45) is 0 Å². The third-order valence-corrected chi connectivity index (χ3v) is 2.53. The molecule has 1 aliphatic carbocycles. The number of carboxylic acids is 1. The second-order valence-corrected chi connectivity index (χ2v) is 3.46. The highest BCUT2D eigenvalue weighted by molar-refractivity contribution is 5.68. The number of aryl methyl sites for hydroxylation is 1. The van der Waals surface area contributed by atoms with Gasteiger partial charge >= 0.3 is 11.7 Å². The molecular formula is C9H10N2O3. The number of carboxylic acid groups (broad SMARTS) is 1. The lowest BCUT2D eigenvalue weighted by atomic mass is 10.0. The topological polar surface area (TPSA) is 83.0 Å². The Hall–Kier alpha value is -1.65. The molecule has 5 nitrogen and oxygen atoms in total.